The molecular weight excluding hydrogens is 402 g/mol. The molecule has 0 unspecified atom stereocenters. The van der Waals surface area contributed by atoms with Crippen LogP contribution < -0.4 is 4.90 Å². The number of aromatic nitrogens is 2. The van der Waals surface area contributed by atoms with Gasteiger partial charge in [-0.15, -0.1) is 11.3 Å². The molecule has 3 rings (SSSR count). The standard InChI is InChI=1S/C14H13Br2N3S/c1-18(9-10-4-2-3-5-11(10)16)13-12(8-15)19-6-7-20-14(19)17-13/h2-7H,8-9H2,1H3. The van der Waals surface area contributed by atoms with Crippen LogP contribution in [0.2, 0.25) is 0 Å². The van der Waals surface area contributed by atoms with Crippen molar-refractivity contribution in [2.45, 2.75) is 11.9 Å². The van der Waals surface area contributed by atoms with Gasteiger partial charge in [0.25, 0.3) is 0 Å². The minimum Gasteiger partial charge on any atom is -0.354 e. The van der Waals surface area contributed by atoms with E-state index >= 15 is 0 Å². The van der Waals surface area contributed by atoms with Crippen LogP contribution in [-0.4, -0.2) is 16.4 Å². The highest BCUT2D eigenvalue weighted by atomic mass is 79.9. The van der Waals surface area contributed by atoms with E-state index in [0.717, 1.165) is 27.1 Å². The van der Waals surface area contributed by atoms with Crippen molar-refractivity contribution >= 4 is 54.0 Å². The molecule has 2 heterocycles. The third kappa shape index (κ3) is 2.52. The second-order valence-electron chi connectivity index (χ2n) is 4.52. The summed E-state index contributed by atoms with van der Waals surface area (Å²) in [6.07, 6.45) is 2.07. The molecule has 20 heavy (non-hydrogen) atoms. The minimum absolute atomic E-state index is 0.792. The number of fused-ring (bicyclic) bond motifs is 1. The quantitative estimate of drug-likeness (QED) is 0.577. The van der Waals surface area contributed by atoms with Crippen molar-refractivity contribution in [1.82, 2.24) is 9.38 Å². The number of thiazole rings is 1. The van der Waals surface area contributed by atoms with Crippen molar-refractivity contribution in [1.29, 1.82) is 0 Å². The van der Waals surface area contributed by atoms with Crippen LogP contribution in [0.15, 0.2) is 40.3 Å². The molecule has 0 aliphatic heterocycles. The van der Waals surface area contributed by atoms with Gasteiger partial charge in [0, 0.05) is 35.0 Å². The van der Waals surface area contributed by atoms with Gasteiger partial charge in [0.1, 0.15) is 0 Å². The Hall–Kier alpha value is -0.850. The maximum atomic E-state index is 4.73. The molecule has 0 aliphatic rings. The molecule has 0 radical (unpaired) electrons. The first-order valence-corrected chi connectivity index (χ1v) is 8.95. The summed E-state index contributed by atoms with van der Waals surface area (Å²) in [6, 6.07) is 8.29. The highest BCUT2D eigenvalue weighted by Gasteiger charge is 2.16. The average Bonchev–Trinajstić information content (AvgIpc) is 3.01. The van der Waals surface area contributed by atoms with Gasteiger partial charge in [-0.2, -0.15) is 0 Å². The molecule has 3 aromatic rings. The van der Waals surface area contributed by atoms with E-state index in [-0.39, 0.29) is 0 Å². The number of benzene rings is 1. The van der Waals surface area contributed by atoms with E-state index in [1.165, 1.54) is 11.3 Å². The molecule has 0 spiro atoms. The van der Waals surface area contributed by atoms with Crippen molar-refractivity contribution < 1.29 is 0 Å². The van der Waals surface area contributed by atoms with Gasteiger partial charge >= 0.3 is 0 Å². The number of alkyl halides is 1. The summed E-state index contributed by atoms with van der Waals surface area (Å²) >= 11 is 8.83. The Kier molecular flexibility index (Phi) is 4.14. The van der Waals surface area contributed by atoms with Crippen LogP contribution in [0.5, 0.6) is 0 Å². The molecule has 0 N–H and O–H groups in total. The van der Waals surface area contributed by atoms with Crippen LogP contribution >= 0.6 is 43.2 Å². The Labute approximate surface area is 138 Å². The first kappa shape index (κ1) is 14.1. The van der Waals surface area contributed by atoms with Crippen LogP contribution in [0.4, 0.5) is 5.82 Å². The zero-order valence-corrected chi connectivity index (χ0v) is 14.9. The van der Waals surface area contributed by atoms with Crippen molar-refractivity contribution in [3.8, 4) is 0 Å². The molecule has 0 saturated carbocycles. The molecule has 2 aromatic heterocycles. The number of rotatable bonds is 4. The first-order valence-electron chi connectivity index (χ1n) is 6.15. The summed E-state index contributed by atoms with van der Waals surface area (Å²) in [5.74, 6) is 1.03. The van der Waals surface area contributed by atoms with Gasteiger partial charge < -0.3 is 4.90 Å². The van der Waals surface area contributed by atoms with Crippen molar-refractivity contribution in [2.75, 3.05) is 11.9 Å². The fourth-order valence-corrected chi connectivity index (χ4v) is 3.87. The third-order valence-corrected chi connectivity index (χ3v) is 5.25. The summed E-state index contributed by atoms with van der Waals surface area (Å²) in [4.78, 5) is 7.96. The first-order chi connectivity index (χ1) is 9.70. The summed E-state index contributed by atoms with van der Waals surface area (Å²) in [7, 11) is 2.08. The van der Waals surface area contributed by atoms with E-state index in [1.807, 2.05) is 6.07 Å². The van der Waals surface area contributed by atoms with Gasteiger partial charge in [0.05, 0.1) is 5.69 Å². The monoisotopic (exact) mass is 413 g/mol. The number of hydrogen-bond acceptors (Lipinski definition) is 3. The Bertz CT molecular complexity index is 735. The molecule has 6 heteroatoms. The third-order valence-electron chi connectivity index (χ3n) is 3.19. The van der Waals surface area contributed by atoms with Crippen molar-refractivity contribution in [3.63, 3.8) is 0 Å². The number of imidazole rings is 1. The summed E-state index contributed by atoms with van der Waals surface area (Å²) in [5, 5.41) is 2.85. The van der Waals surface area contributed by atoms with E-state index in [1.54, 1.807) is 11.3 Å². The van der Waals surface area contributed by atoms with E-state index < -0.39 is 0 Å². The molecule has 104 valence electrons. The summed E-state index contributed by atoms with van der Waals surface area (Å²) in [6.45, 7) is 0.826. The molecule has 0 bridgehead atoms. The molecule has 1 aromatic carbocycles. The lowest BCUT2D eigenvalue weighted by atomic mass is 10.2. The van der Waals surface area contributed by atoms with Gasteiger partial charge in [0.2, 0.25) is 0 Å². The topological polar surface area (TPSA) is 20.5 Å². The molecule has 0 amide bonds. The van der Waals surface area contributed by atoms with Crippen LogP contribution in [0.1, 0.15) is 11.3 Å². The van der Waals surface area contributed by atoms with E-state index in [4.69, 9.17) is 4.98 Å². The Morgan fingerprint density at radius 1 is 1.35 bits per heavy atom. The van der Waals surface area contributed by atoms with Crippen molar-refractivity contribution in [3.05, 3.63) is 51.6 Å². The lowest BCUT2D eigenvalue weighted by Crippen LogP contribution is -2.18. The average molecular weight is 415 g/mol. The zero-order chi connectivity index (χ0) is 14.1. The fraction of sp³-hybridized carbons (Fsp3) is 0.214. The highest BCUT2D eigenvalue weighted by molar-refractivity contribution is 9.10. The van der Waals surface area contributed by atoms with E-state index in [0.29, 0.717) is 0 Å². The molecule has 3 nitrogen and oxygen atoms in total. The number of anilines is 1. The molecule has 0 fully saturated rings. The minimum atomic E-state index is 0.792. The maximum Gasteiger partial charge on any atom is 0.195 e. The molecular formula is C14H13Br2N3S. The second-order valence-corrected chi connectivity index (χ2v) is 6.81. The fourth-order valence-electron chi connectivity index (χ4n) is 2.21. The predicted octanol–water partition coefficient (Wildman–Crippen LogP) is 4.69. The van der Waals surface area contributed by atoms with E-state index in [9.17, 15) is 0 Å². The van der Waals surface area contributed by atoms with Crippen molar-refractivity contribution in [2.24, 2.45) is 0 Å². The summed E-state index contributed by atoms with van der Waals surface area (Å²) < 4.78 is 3.28. The van der Waals surface area contributed by atoms with Gasteiger partial charge in [-0.1, -0.05) is 50.1 Å². The van der Waals surface area contributed by atoms with Gasteiger partial charge in [-0.3, -0.25) is 4.40 Å². The van der Waals surface area contributed by atoms with Gasteiger partial charge in [-0.05, 0) is 11.6 Å². The Balaban J connectivity index is 1.94. The van der Waals surface area contributed by atoms with Gasteiger partial charge in [-0.25, -0.2) is 4.98 Å². The Morgan fingerprint density at radius 3 is 2.90 bits per heavy atom. The lowest BCUT2D eigenvalue weighted by molar-refractivity contribution is 0.891. The van der Waals surface area contributed by atoms with Crippen LogP contribution in [0.25, 0.3) is 4.96 Å². The molecule has 0 saturated heterocycles. The number of nitrogens with zero attached hydrogens (tertiary/aromatic N) is 3. The predicted molar refractivity (Wildman–Crippen MR) is 91.9 cm³/mol. The SMILES string of the molecule is CN(Cc1ccccc1Br)c1nc2sccn2c1CBr. The normalized spacial score (nSPS) is 11.2. The number of halogens is 2. The lowest BCUT2D eigenvalue weighted by Gasteiger charge is -2.18. The van der Waals surface area contributed by atoms with Crippen LogP contribution in [-0.2, 0) is 11.9 Å². The van der Waals surface area contributed by atoms with E-state index in [2.05, 4.69) is 78.0 Å². The smallest absolute Gasteiger partial charge is 0.195 e. The Morgan fingerprint density at radius 2 is 2.15 bits per heavy atom. The maximum absolute atomic E-state index is 4.73. The van der Waals surface area contributed by atoms with Crippen LogP contribution in [0, 0.1) is 0 Å². The highest BCUT2D eigenvalue weighted by Crippen LogP contribution is 2.27. The second kappa shape index (κ2) is 5.87. The summed E-state index contributed by atoms with van der Waals surface area (Å²) in [5.41, 5.74) is 2.45. The molecule has 0 atom stereocenters. The van der Waals surface area contributed by atoms with Crippen LogP contribution in [0.3, 0.4) is 0 Å². The molecule has 0 aliphatic carbocycles. The zero-order valence-electron chi connectivity index (χ0n) is 10.9. The largest absolute Gasteiger partial charge is 0.354 e. The van der Waals surface area contributed by atoms with Gasteiger partial charge in [0.15, 0.2) is 10.8 Å². The number of hydrogen-bond donors (Lipinski definition) is 0.